The molecule has 0 unspecified atom stereocenters. The fourth-order valence-electron chi connectivity index (χ4n) is 4.30. The summed E-state index contributed by atoms with van der Waals surface area (Å²) in [6.45, 7) is 5.93. The molecule has 9 heteroatoms. The normalized spacial score (nSPS) is 11.1. The molecule has 0 aliphatic carbocycles. The van der Waals surface area contributed by atoms with Gasteiger partial charge in [-0.2, -0.15) is 15.2 Å². The summed E-state index contributed by atoms with van der Waals surface area (Å²) < 4.78 is 8.98. The summed E-state index contributed by atoms with van der Waals surface area (Å²) in [5.41, 5.74) is 6.32. The van der Waals surface area contributed by atoms with Crippen molar-refractivity contribution in [2.45, 2.75) is 33.6 Å². The van der Waals surface area contributed by atoms with E-state index < -0.39 is 0 Å². The van der Waals surface area contributed by atoms with Crippen LogP contribution in [-0.4, -0.2) is 42.4 Å². The van der Waals surface area contributed by atoms with Crippen molar-refractivity contribution < 1.29 is 9.53 Å². The first kappa shape index (κ1) is 23.2. The minimum Gasteiger partial charge on any atom is -0.496 e. The van der Waals surface area contributed by atoms with Crippen LogP contribution in [0.1, 0.15) is 28.9 Å². The van der Waals surface area contributed by atoms with Crippen LogP contribution in [0.4, 0.5) is 5.82 Å². The second-order valence-electron chi connectivity index (χ2n) is 8.64. The number of ether oxygens (including phenoxy) is 1. The van der Waals surface area contributed by atoms with Crippen molar-refractivity contribution in [1.29, 1.82) is 0 Å². The van der Waals surface area contributed by atoms with Crippen LogP contribution in [0.5, 0.6) is 5.75 Å². The highest BCUT2D eigenvalue weighted by atomic mass is 16.5. The van der Waals surface area contributed by atoms with Gasteiger partial charge < -0.3 is 10.1 Å². The van der Waals surface area contributed by atoms with Crippen molar-refractivity contribution in [3.63, 3.8) is 0 Å². The van der Waals surface area contributed by atoms with Crippen LogP contribution in [0, 0.1) is 20.8 Å². The standard InChI is InChI=1S/C27H27N7O2/c1-17-9-11-20(12-10-17)34-25(15-23(32-34)22-7-5-6-8-24(22)36-4)31-26(35)14-13-21-18(2)30-27-28-16-29-33(27)19(21)3/h5-12,15-16H,13-14H2,1-4H3,(H,31,35). The number of carbonyl (C=O) groups excluding carboxylic acids is 1. The summed E-state index contributed by atoms with van der Waals surface area (Å²) in [5, 5.41) is 12.1. The molecular formula is C27H27N7O2. The lowest BCUT2D eigenvalue weighted by molar-refractivity contribution is -0.116. The average Bonchev–Trinajstić information content (AvgIpc) is 3.51. The first-order valence-corrected chi connectivity index (χ1v) is 11.7. The maximum absolute atomic E-state index is 13.1. The maximum atomic E-state index is 13.1. The summed E-state index contributed by atoms with van der Waals surface area (Å²) in [6, 6.07) is 17.6. The predicted molar refractivity (Wildman–Crippen MR) is 137 cm³/mol. The van der Waals surface area contributed by atoms with Crippen molar-refractivity contribution in [1.82, 2.24) is 29.4 Å². The number of anilines is 1. The Morgan fingerprint density at radius 3 is 2.61 bits per heavy atom. The van der Waals surface area contributed by atoms with Gasteiger partial charge in [0.1, 0.15) is 17.9 Å². The lowest BCUT2D eigenvalue weighted by Gasteiger charge is -2.11. The number of hydrogen-bond donors (Lipinski definition) is 1. The van der Waals surface area contributed by atoms with Crippen LogP contribution in [0.15, 0.2) is 60.9 Å². The molecule has 3 aromatic heterocycles. The molecule has 0 radical (unpaired) electrons. The lowest BCUT2D eigenvalue weighted by atomic mass is 10.1. The second-order valence-corrected chi connectivity index (χ2v) is 8.64. The third kappa shape index (κ3) is 4.43. The third-order valence-corrected chi connectivity index (χ3v) is 6.23. The predicted octanol–water partition coefficient (Wildman–Crippen LogP) is 4.48. The van der Waals surface area contributed by atoms with Gasteiger partial charge in [0.2, 0.25) is 5.91 Å². The number of aromatic nitrogens is 6. The van der Waals surface area contributed by atoms with Crippen LogP contribution in [0.2, 0.25) is 0 Å². The molecule has 36 heavy (non-hydrogen) atoms. The zero-order chi connectivity index (χ0) is 25.2. The van der Waals surface area contributed by atoms with Crippen LogP contribution in [-0.2, 0) is 11.2 Å². The Kier molecular flexibility index (Phi) is 6.20. The number of carbonyl (C=O) groups is 1. The molecule has 0 bridgehead atoms. The molecule has 0 fully saturated rings. The Balaban J connectivity index is 1.43. The van der Waals surface area contributed by atoms with E-state index in [4.69, 9.17) is 9.84 Å². The highest BCUT2D eigenvalue weighted by Gasteiger charge is 2.17. The first-order valence-electron chi connectivity index (χ1n) is 11.7. The average molecular weight is 482 g/mol. The van der Waals surface area contributed by atoms with E-state index in [0.717, 1.165) is 33.8 Å². The van der Waals surface area contributed by atoms with Crippen LogP contribution in [0.25, 0.3) is 22.7 Å². The summed E-state index contributed by atoms with van der Waals surface area (Å²) in [5.74, 6) is 1.74. The lowest BCUT2D eigenvalue weighted by Crippen LogP contribution is -2.16. The van der Waals surface area contributed by atoms with E-state index in [1.807, 2.05) is 75.4 Å². The van der Waals surface area contributed by atoms with Gasteiger partial charge >= 0.3 is 0 Å². The number of rotatable bonds is 7. The molecule has 1 amide bonds. The minimum atomic E-state index is -0.118. The third-order valence-electron chi connectivity index (χ3n) is 6.23. The fourth-order valence-corrected chi connectivity index (χ4v) is 4.30. The molecule has 0 aliphatic heterocycles. The Hall–Kier alpha value is -4.53. The van der Waals surface area contributed by atoms with Gasteiger partial charge in [0.25, 0.3) is 5.78 Å². The van der Waals surface area contributed by atoms with Crippen molar-refractivity contribution in [3.05, 3.63) is 83.4 Å². The van der Waals surface area contributed by atoms with Crippen LogP contribution < -0.4 is 10.1 Å². The van der Waals surface area contributed by atoms with Crippen LogP contribution >= 0.6 is 0 Å². The largest absolute Gasteiger partial charge is 0.496 e. The van der Waals surface area contributed by atoms with Crippen molar-refractivity contribution in [2.24, 2.45) is 0 Å². The summed E-state index contributed by atoms with van der Waals surface area (Å²) >= 11 is 0. The van der Waals surface area contributed by atoms with Gasteiger partial charge in [-0.25, -0.2) is 14.2 Å². The number of aryl methyl sites for hydroxylation is 3. The van der Waals surface area contributed by atoms with Crippen LogP contribution in [0.3, 0.4) is 0 Å². The van der Waals surface area contributed by atoms with E-state index >= 15 is 0 Å². The molecule has 3 heterocycles. The molecule has 0 saturated heterocycles. The Bertz CT molecular complexity index is 1550. The molecular weight excluding hydrogens is 454 g/mol. The molecule has 5 aromatic rings. The molecule has 0 spiro atoms. The van der Waals surface area contributed by atoms with Gasteiger partial charge in [-0.1, -0.05) is 29.8 Å². The van der Waals surface area contributed by atoms with Gasteiger partial charge in [0.05, 0.1) is 18.5 Å². The Morgan fingerprint density at radius 1 is 1.06 bits per heavy atom. The number of nitrogens with zero attached hydrogens (tertiary/aromatic N) is 6. The van der Waals surface area contributed by atoms with Gasteiger partial charge in [0.15, 0.2) is 0 Å². The summed E-state index contributed by atoms with van der Waals surface area (Å²) in [6.07, 6.45) is 2.30. The monoisotopic (exact) mass is 481 g/mol. The molecule has 182 valence electrons. The summed E-state index contributed by atoms with van der Waals surface area (Å²) in [7, 11) is 1.63. The Labute approximate surface area is 208 Å². The quantitative estimate of drug-likeness (QED) is 0.368. The fraction of sp³-hybridized carbons (Fsp3) is 0.222. The zero-order valence-electron chi connectivity index (χ0n) is 20.7. The van der Waals surface area contributed by atoms with E-state index in [9.17, 15) is 4.79 Å². The van der Waals surface area contributed by atoms with Gasteiger partial charge in [0, 0.05) is 29.4 Å². The highest BCUT2D eigenvalue weighted by molar-refractivity contribution is 5.91. The minimum absolute atomic E-state index is 0.118. The van der Waals surface area contributed by atoms with E-state index in [-0.39, 0.29) is 12.3 Å². The van der Waals surface area contributed by atoms with Crippen molar-refractivity contribution in [2.75, 3.05) is 12.4 Å². The number of benzene rings is 2. The molecule has 5 rings (SSSR count). The highest BCUT2D eigenvalue weighted by Crippen LogP contribution is 2.31. The zero-order valence-corrected chi connectivity index (χ0v) is 20.7. The van der Waals surface area contributed by atoms with Gasteiger partial charge in [-0.15, -0.1) is 0 Å². The van der Waals surface area contributed by atoms with E-state index in [2.05, 4.69) is 20.4 Å². The first-order chi connectivity index (χ1) is 17.4. The van der Waals surface area contributed by atoms with Crippen molar-refractivity contribution >= 4 is 17.5 Å². The molecule has 0 aliphatic rings. The molecule has 0 atom stereocenters. The number of para-hydroxylation sites is 1. The van der Waals surface area contributed by atoms with Crippen molar-refractivity contribution in [3.8, 4) is 22.7 Å². The number of nitrogens with one attached hydrogen (secondary N) is 1. The van der Waals surface area contributed by atoms with E-state index in [1.54, 1.807) is 16.3 Å². The topological polar surface area (TPSA) is 99.2 Å². The SMILES string of the molecule is COc1ccccc1-c1cc(NC(=O)CCc2c(C)nc3ncnn3c2C)n(-c2ccc(C)cc2)n1. The van der Waals surface area contributed by atoms with Gasteiger partial charge in [-0.3, -0.25) is 4.79 Å². The second kappa shape index (κ2) is 9.61. The van der Waals surface area contributed by atoms with Gasteiger partial charge in [-0.05, 0) is 57.0 Å². The van der Waals surface area contributed by atoms with E-state index in [0.29, 0.717) is 29.5 Å². The number of methoxy groups -OCH3 is 1. The summed E-state index contributed by atoms with van der Waals surface area (Å²) in [4.78, 5) is 21.8. The molecule has 2 aromatic carbocycles. The number of amides is 1. The van der Waals surface area contributed by atoms with E-state index in [1.165, 1.54) is 6.33 Å². The smallest absolute Gasteiger partial charge is 0.252 e. The maximum Gasteiger partial charge on any atom is 0.252 e. The molecule has 0 saturated carbocycles. The Morgan fingerprint density at radius 2 is 1.83 bits per heavy atom. The number of hydrogen-bond acceptors (Lipinski definition) is 6. The molecule has 1 N–H and O–H groups in total. The number of fused-ring (bicyclic) bond motifs is 1. The molecule has 9 nitrogen and oxygen atoms in total.